The summed E-state index contributed by atoms with van der Waals surface area (Å²) in [4.78, 5) is 24.3. The lowest BCUT2D eigenvalue weighted by atomic mass is 9.50. The molecule has 17 heteroatoms. The molecule has 7 aliphatic rings. The van der Waals surface area contributed by atoms with E-state index in [1.807, 2.05) is 27.7 Å². The molecule has 0 aromatic heterocycles. The molecule has 20 atom stereocenters. The van der Waals surface area contributed by atoms with Gasteiger partial charge in [0.1, 0.15) is 48.7 Å². The molecule has 0 spiro atoms. The van der Waals surface area contributed by atoms with Gasteiger partial charge in [0.2, 0.25) is 11.8 Å². The third-order valence-electron chi connectivity index (χ3n) is 16.9. The summed E-state index contributed by atoms with van der Waals surface area (Å²) in [6.07, 6.45) is -1.01. The molecular formula is C48H80N2O15. The van der Waals surface area contributed by atoms with Gasteiger partial charge >= 0.3 is 0 Å². The van der Waals surface area contributed by atoms with E-state index in [1.165, 1.54) is 33.6 Å². The molecule has 4 heterocycles. The predicted molar refractivity (Wildman–Crippen MR) is 235 cm³/mol. The Morgan fingerprint density at radius 1 is 0.692 bits per heavy atom. The topological polar surface area (TPSA) is 233 Å². The summed E-state index contributed by atoms with van der Waals surface area (Å²) in [7, 11) is 2.97. The van der Waals surface area contributed by atoms with Crippen LogP contribution < -0.4 is 10.6 Å². The lowest BCUT2D eigenvalue weighted by Gasteiger charge is -2.61. The van der Waals surface area contributed by atoms with E-state index in [2.05, 4.69) is 37.5 Å². The highest BCUT2D eigenvalue weighted by Gasteiger charge is 2.65. The minimum Gasteiger partial charge on any atom is -0.390 e. The molecule has 2 saturated carbocycles. The van der Waals surface area contributed by atoms with E-state index in [4.69, 9.17) is 37.9 Å². The van der Waals surface area contributed by atoms with Crippen LogP contribution in [-0.2, 0) is 47.5 Å². The molecule has 3 aliphatic carbocycles. The van der Waals surface area contributed by atoms with E-state index in [9.17, 15) is 35.1 Å². The fraction of sp³-hybridized carbons (Fsp3) is 0.917. The van der Waals surface area contributed by atoms with Crippen LogP contribution in [0.4, 0.5) is 0 Å². The number of aliphatic hydroxyl groups excluding tert-OH is 5. The lowest BCUT2D eigenvalue weighted by molar-refractivity contribution is -0.325. The smallest absolute Gasteiger partial charge is 0.217 e. The minimum atomic E-state index is -1.35. The van der Waals surface area contributed by atoms with Crippen LogP contribution in [0.1, 0.15) is 120 Å². The van der Waals surface area contributed by atoms with Crippen LogP contribution in [0.3, 0.4) is 0 Å². The fourth-order valence-electron chi connectivity index (χ4n) is 13.5. The maximum atomic E-state index is 12.2. The van der Waals surface area contributed by atoms with Crippen molar-refractivity contribution in [1.29, 1.82) is 0 Å². The maximum Gasteiger partial charge on any atom is 0.217 e. The van der Waals surface area contributed by atoms with Crippen LogP contribution in [0.15, 0.2) is 11.6 Å². The van der Waals surface area contributed by atoms with Crippen LogP contribution >= 0.6 is 0 Å². The van der Waals surface area contributed by atoms with Crippen molar-refractivity contribution in [3.63, 3.8) is 0 Å². The van der Waals surface area contributed by atoms with Crippen molar-refractivity contribution in [3.8, 4) is 0 Å². The Hall–Kier alpha value is -1.84. The van der Waals surface area contributed by atoms with Gasteiger partial charge in [-0.2, -0.15) is 0 Å². The number of carbonyl (C=O) groups excluding carboxylic acids is 2. The standard InChI is InChI=1S/C48H80N2O15/c1-24(51)49-35-39(56)37(54)29(22-58-10)60-42(35)64-44(3,4)32-16-18-46(7)20-26(12-15-34(46)62-32)27-13-14-31-47(8)19-17-33(63-41(47)28(53)21-48(27,31)9)45(5,6)65-43-36(50-25(2)52)40(57)38(55)30(61-43)23-59-11/h20,27-43,53-57H,12-19,21-23H2,1-11H3,(H,49,51)(H,50,52). The molecule has 4 aliphatic heterocycles. The number of rotatable bonds is 13. The van der Waals surface area contributed by atoms with E-state index < -0.39 is 96.7 Å². The fourth-order valence-corrected chi connectivity index (χ4v) is 13.5. The van der Waals surface area contributed by atoms with Crippen LogP contribution in [0.2, 0.25) is 0 Å². The van der Waals surface area contributed by atoms with Gasteiger partial charge in [-0.3, -0.25) is 9.59 Å². The van der Waals surface area contributed by atoms with Gasteiger partial charge in [-0.1, -0.05) is 32.4 Å². The van der Waals surface area contributed by atoms with Gasteiger partial charge in [0.15, 0.2) is 12.6 Å². The number of hydrogen-bond acceptors (Lipinski definition) is 15. The largest absolute Gasteiger partial charge is 0.390 e. The summed E-state index contributed by atoms with van der Waals surface area (Å²) in [6, 6.07) is -2.02. The highest BCUT2D eigenvalue weighted by atomic mass is 16.7. The van der Waals surface area contributed by atoms with Gasteiger partial charge in [0.25, 0.3) is 0 Å². The average molecular weight is 925 g/mol. The second kappa shape index (κ2) is 19.2. The van der Waals surface area contributed by atoms with Gasteiger partial charge in [-0.25, -0.2) is 0 Å². The Morgan fingerprint density at radius 2 is 1.20 bits per heavy atom. The van der Waals surface area contributed by atoms with E-state index in [1.54, 1.807) is 0 Å². The van der Waals surface area contributed by atoms with Crippen molar-refractivity contribution in [2.45, 2.75) is 223 Å². The Kier molecular flexibility index (Phi) is 15.0. The first-order valence-electron chi connectivity index (χ1n) is 24.0. The zero-order valence-electron chi connectivity index (χ0n) is 40.5. The zero-order chi connectivity index (χ0) is 47.6. The Bertz CT molecular complexity index is 1730. The van der Waals surface area contributed by atoms with Gasteiger partial charge in [0, 0.05) is 33.5 Å². The first kappa shape index (κ1) is 51.0. The van der Waals surface area contributed by atoms with E-state index in [0.29, 0.717) is 31.1 Å². The Balaban J connectivity index is 1.02. The summed E-state index contributed by atoms with van der Waals surface area (Å²) < 4.78 is 49.8. The van der Waals surface area contributed by atoms with Crippen molar-refractivity contribution in [2.24, 2.45) is 28.1 Å². The van der Waals surface area contributed by atoms with Crippen LogP contribution in [0, 0.1) is 28.1 Å². The SMILES string of the molecule is COCC1OC(OC(C)(C)C2CCC3(C)C=C(C4CCC5C4(C)CC(O)C4OC(C(C)(C)OC6OC(COC)C(O)C(O)C6NC(C)=O)CCC45C)CCC3O2)C(NC(C)=O)C(O)C1O. The average Bonchev–Trinajstić information content (AvgIpc) is 3.58. The van der Waals surface area contributed by atoms with Crippen molar-refractivity contribution in [3.05, 3.63) is 11.6 Å². The molecule has 0 aromatic carbocycles. The van der Waals surface area contributed by atoms with Crippen LogP contribution in [0.5, 0.6) is 0 Å². The lowest BCUT2D eigenvalue weighted by Crippen LogP contribution is -2.67. The van der Waals surface area contributed by atoms with Crippen molar-refractivity contribution >= 4 is 11.8 Å². The summed E-state index contributed by atoms with van der Waals surface area (Å²) in [5.74, 6) is -0.154. The molecule has 372 valence electrons. The molecule has 2 amide bonds. The molecule has 65 heavy (non-hydrogen) atoms. The van der Waals surface area contributed by atoms with E-state index >= 15 is 0 Å². The second-order valence-electron chi connectivity index (χ2n) is 22.3. The first-order valence-corrected chi connectivity index (χ1v) is 24.0. The Labute approximate surface area is 384 Å². The zero-order valence-corrected chi connectivity index (χ0v) is 40.5. The molecule has 0 bridgehead atoms. The van der Waals surface area contributed by atoms with Gasteiger partial charge in [0.05, 0.1) is 54.9 Å². The number of carbonyl (C=O) groups is 2. The third kappa shape index (κ3) is 9.72. The van der Waals surface area contributed by atoms with Crippen molar-refractivity contribution < 1.29 is 73.0 Å². The molecule has 17 nitrogen and oxygen atoms in total. The molecule has 0 aromatic rings. The monoisotopic (exact) mass is 925 g/mol. The third-order valence-corrected chi connectivity index (χ3v) is 16.9. The second-order valence-corrected chi connectivity index (χ2v) is 22.3. The number of allylic oxidation sites excluding steroid dienone is 1. The minimum absolute atomic E-state index is 0.0227. The number of fused-ring (bicyclic) bond motifs is 4. The molecular weight excluding hydrogens is 845 g/mol. The van der Waals surface area contributed by atoms with Crippen molar-refractivity contribution in [2.75, 3.05) is 27.4 Å². The van der Waals surface area contributed by atoms with Gasteiger partial charge < -0.3 is 74.1 Å². The molecule has 0 radical (unpaired) electrons. The number of ether oxygens (including phenoxy) is 8. The van der Waals surface area contributed by atoms with Crippen LogP contribution in [-0.4, -0.2) is 168 Å². The molecule has 7 N–H and O–H groups in total. The summed E-state index contributed by atoms with van der Waals surface area (Å²) >= 11 is 0. The number of methoxy groups -OCH3 is 2. The number of nitrogens with one attached hydrogen (secondary N) is 2. The number of aliphatic hydroxyl groups is 5. The van der Waals surface area contributed by atoms with E-state index in [0.717, 1.165) is 38.5 Å². The Morgan fingerprint density at radius 3 is 1.71 bits per heavy atom. The quantitative estimate of drug-likeness (QED) is 0.132. The van der Waals surface area contributed by atoms with Crippen LogP contribution in [0.25, 0.3) is 0 Å². The molecule has 6 fully saturated rings. The molecule has 7 rings (SSSR count). The summed E-state index contributed by atoms with van der Waals surface area (Å²) in [5.41, 5.74) is -1.01. The number of amides is 2. The molecule has 4 saturated heterocycles. The first-order chi connectivity index (χ1) is 30.4. The molecule has 20 unspecified atom stereocenters. The van der Waals surface area contributed by atoms with Gasteiger partial charge in [-0.15, -0.1) is 0 Å². The van der Waals surface area contributed by atoms with Crippen molar-refractivity contribution in [1.82, 2.24) is 10.6 Å². The normalized spacial score (nSPS) is 46.9. The maximum absolute atomic E-state index is 12.2. The summed E-state index contributed by atoms with van der Waals surface area (Å²) in [5, 5.41) is 61.1. The van der Waals surface area contributed by atoms with Gasteiger partial charge in [-0.05, 0) is 108 Å². The number of hydrogen-bond donors (Lipinski definition) is 7. The van der Waals surface area contributed by atoms with E-state index in [-0.39, 0.29) is 47.6 Å². The summed E-state index contributed by atoms with van der Waals surface area (Å²) in [6.45, 7) is 17.4. The predicted octanol–water partition coefficient (Wildman–Crippen LogP) is 2.40. The highest BCUT2D eigenvalue weighted by molar-refractivity contribution is 5.73. The highest BCUT2D eigenvalue weighted by Crippen LogP contribution is 2.67.